The standard InChI is InChI=1S/C24H19F4N3/c25-18-7-3-6-17(24(26,27)28)21(18)22-16-10-12-4-1-2-5-14(12)20(16)15-11-13(23(29)30)8-9-19(15)31-22/h1-9,11,16,20,22,31H,10H2,(H3,29,30). The summed E-state index contributed by atoms with van der Waals surface area (Å²) >= 11 is 0. The van der Waals surface area contributed by atoms with E-state index in [0.717, 1.165) is 34.9 Å². The fraction of sp³-hybridized carbons (Fsp3) is 0.208. The molecule has 2 aliphatic rings. The Bertz CT molecular complexity index is 1200. The lowest BCUT2D eigenvalue weighted by Gasteiger charge is -2.39. The number of halogens is 4. The number of rotatable bonds is 2. The molecule has 1 heterocycles. The van der Waals surface area contributed by atoms with E-state index >= 15 is 0 Å². The first kappa shape index (κ1) is 19.6. The molecule has 0 aromatic heterocycles. The van der Waals surface area contributed by atoms with Crippen LogP contribution in [-0.2, 0) is 12.6 Å². The van der Waals surface area contributed by atoms with E-state index in [1.807, 2.05) is 30.3 Å². The van der Waals surface area contributed by atoms with E-state index in [0.29, 0.717) is 17.7 Å². The topological polar surface area (TPSA) is 61.9 Å². The first-order valence-corrected chi connectivity index (χ1v) is 9.94. The van der Waals surface area contributed by atoms with Gasteiger partial charge >= 0.3 is 6.18 Å². The third-order valence-electron chi connectivity index (χ3n) is 6.38. The number of hydrogen-bond acceptors (Lipinski definition) is 2. The van der Waals surface area contributed by atoms with Crippen molar-refractivity contribution >= 4 is 11.5 Å². The number of anilines is 1. The molecule has 0 radical (unpaired) electrons. The molecule has 3 unspecified atom stereocenters. The molecule has 4 N–H and O–H groups in total. The molecule has 0 saturated carbocycles. The molecule has 0 bridgehead atoms. The highest BCUT2D eigenvalue weighted by atomic mass is 19.4. The highest BCUT2D eigenvalue weighted by Crippen LogP contribution is 2.55. The predicted molar refractivity (Wildman–Crippen MR) is 111 cm³/mol. The second kappa shape index (κ2) is 6.83. The Hall–Kier alpha value is -3.35. The van der Waals surface area contributed by atoms with Crippen molar-refractivity contribution < 1.29 is 17.6 Å². The highest BCUT2D eigenvalue weighted by Gasteiger charge is 2.47. The van der Waals surface area contributed by atoms with Gasteiger partial charge in [-0.15, -0.1) is 0 Å². The van der Waals surface area contributed by atoms with Crippen LogP contribution in [0.1, 0.15) is 45.3 Å². The molecule has 3 nitrogen and oxygen atoms in total. The van der Waals surface area contributed by atoms with Crippen LogP contribution >= 0.6 is 0 Å². The molecular formula is C24H19F4N3. The maximum Gasteiger partial charge on any atom is 0.416 e. The average molecular weight is 425 g/mol. The second-order valence-corrected chi connectivity index (χ2v) is 8.08. The van der Waals surface area contributed by atoms with Gasteiger partial charge in [-0.1, -0.05) is 30.3 Å². The summed E-state index contributed by atoms with van der Waals surface area (Å²) in [6.07, 6.45) is -4.15. The maximum atomic E-state index is 14.9. The molecular weight excluding hydrogens is 406 g/mol. The van der Waals surface area contributed by atoms with Crippen LogP contribution in [0, 0.1) is 17.1 Å². The fourth-order valence-electron chi connectivity index (χ4n) is 5.11. The number of alkyl halides is 3. The molecule has 158 valence electrons. The average Bonchev–Trinajstić information content (AvgIpc) is 3.12. The fourth-order valence-corrected chi connectivity index (χ4v) is 5.11. The van der Waals surface area contributed by atoms with E-state index in [4.69, 9.17) is 11.1 Å². The Morgan fingerprint density at radius 1 is 1.00 bits per heavy atom. The van der Waals surface area contributed by atoms with Gasteiger partial charge in [-0.25, -0.2) is 4.39 Å². The maximum absolute atomic E-state index is 14.9. The van der Waals surface area contributed by atoms with Crippen LogP contribution in [0.3, 0.4) is 0 Å². The van der Waals surface area contributed by atoms with Gasteiger partial charge in [0.25, 0.3) is 0 Å². The van der Waals surface area contributed by atoms with Crippen molar-refractivity contribution in [3.8, 4) is 0 Å². The smallest absolute Gasteiger partial charge is 0.384 e. The summed E-state index contributed by atoms with van der Waals surface area (Å²) in [5, 5.41) is 11.0. The van der Waals surface area contributed by atoms with Crippen LogP contribution in [-0.4, -0.2) is 5.84 Å². The number of nitrogens with one attached hydrogen (secondary N) is 2. The zero-order valence-electron chi connectivity index (χ0n) is 16.3. The molecule has 3 aromatic carbocycles. The van der Waals surface area contributed by atoms with Crippen LogP contribution < -0.4 is 11.1 Å². The van der Waals surface area contributed by atoms with Gasteiger partial charge in [0.1, 0.15) is 11.7 Å². The Balaban J connectivity index is 1.73. The number of fused-ring (bicyclic) bond motifs is 5. The molecule has 7 heteroatoms. The SMILES string of the molecule is N=C(N)c1ccc2c(c1)C1c3ccccc3CC1C(c1c(F)cccc1C(F)(F)F)N2. The van der Waals surface area contributed by atoms with Gasteiger partial charge in [0, 0.05) is 22.7 Å². The van der Waals surface area contributed by atoms with Gasteiger partial charge < -0.3 is 11.1 Å². The summed E-state index contributed by atoms with van der Waals surface area (Å²) in [6, 6.07) is 15.2. The summed E-state index contributed by atoms with van der Waals surface area (Å²) in [5.74, 6) is -1.49. The largest absolute Gasteiger partial charge is 0.416 e. The number of amidine groups is 1. The molecule has 1 aliphatic heterocycles. The number of hydrogen-bond donors (Lipinski definition) is 3. The molecule has 31 heavy (non-hydrogen) atoms. The quantitative estimate of drug-likeness (QED) is 0.284. The highest BCUT2D eigenvalue weighted by molar-refractivity contribution is 5.95. The normalized spacial score (nSPS) is 21.6. The van der Waals surface area contributed by atoms with Gasteiger partial charge in [0.2, 0.25) is 0 Å². The molecule has 5 rings (SSSR count). The molecule has 0 saturated heterocycles. The van der Waals surface area contributed by atoms with Gasteiger partial charge in [-0.3, -0.25) is 5.41 Å². The summed E-state index contributed by atoms with van der Waals surface area (Å²) in [4.78, 5) is 0. The van der Waals surface area contributed by atoms with Crippen molar-refractivity contribution in [2.45, 2.75) is 24.6 Å². The summed E-state index contributed by atoms with van der Waals surface area (Å²) in [7, 11) is 0. The van der Waals surface area contributed by atoms with Crippen molar-refractivity contribution in [1.29, 1.82) is 5.41 Å². The minimum atomic E-state index is -4.67. The Labute approximate surface area is 176 Å². The van der Waals surface area contributed by atoms with Crippen molar-refractivity contribution in [3.63, 3.8) is 0 Å². The van der Waals surface area contributed by atoms with E-state index in [9.17, 15) is 17.6 Å². The molecule has 3 aromatic rings. The monoisotopic (exact) mass is 425 g/mol. The molecule has 0 amide bonds. The Kier molecular flexibility index (Phi) is 4.32. The van der Waals surface area contributed by atoms with Gasteiger partial charge in [0.05, 0.1) is 11.6 Å². The third-order valence-corrected chi connectivity index (χ3v) is 6.38. The van der Waals surface area contributed by atoms with Crippen LogP contribution in [0.15, 0.2) is 60.7 Å². The zero-order chi connectivity index (χ0) is 21.9. The minimum absolute atomic E-state index is 0.0822. The predicted octanol–water partition coefficient (Wildman–Crippen LogP) is 5.60. The third kappa shape index (κ3) is 3.07. The number of nitrogen functional groups attached to an aromatic ring is 1. The van der Waals surface area contributed by atoms with E-state index in [1.165, 1.54) is 0 Å². The van der Waals surface area contributed by atoms with Gasteiger partial charge in [-0.05, 0) is 59.4 Å². The lowest BCUT2D eigenvalue weighted by molar-refractivity contribution is -0.138. The van der Waals surface area contributed by atoms with Crippen LogP contribution in [0.4, 0.5) is 23.2 Å². The Morgan fingerprint density at radius 3 is 2.52 bits per heavy atom. The van der Waals surface area contributed by atoms with Crippen LogP contribution in [0.5, 0.6) is 0 Å². The lowest BCUT2D eigenvalue weighted by Crippen LogP contribution is -2.33. The second-order valence-electron chi connectivity index (χ2n) is 8.08. The molecule has 0 fully saturated rings. The Morgan fingerprint density at radius 2 is 1.77 bits per heavy atom. The molecule has 3 atom stereocenters. The van der Waals surface area contributed by atoms with Crippen molar-refractivity contribution in [2.24, 2.45) is 11.7 Å². The first-order chi connectivity index (χ1) is 14.8. The first-order valence-electron chi connectivity index (χ1n) is 9.94. The van der Waals surface area contributed by atoms with E-state index in [2.05, 4.69) is 5.32 Å². The summed E-state index contributed by atoms with van der Waals surface area (Å²) in [6.45, 7) is 0. The van der Waals surface area contributed by atoms with Gasteiger partial charge in [0.15, 0.2) is 0 Å². The lowest BCUT2D eigenvalue weighted by atomic mass is 9.74. The molecule has 0 spiro atoms. The van der Waals surface area contributed by atoms with E-state index in [1.54, 1.807) is 12.1 Å². The number of benzene rings is 3. The zero-order valence-corrected chi connectivity index (χ0v) is 16.3. The van der Waals surface area contributed by atoms with Crippen LogP contribution in [0.25, 0.3) is 0 Å². The summed E-state index contributed by atoms with van der Waals surface area (Å²) in [5.41, 5.74) is 8.47. The van der Waals surface area contributed by atoms with E-state index in [-0.39, 0.29) is 23.2 Å². The van der Waals surface area contributed by atoms with Crippen molar-refractivity contribution in [3.05, 3.63) is 99.9 Å². The van der Waals surface area contributed by atoms with Crippen molar-refractivity contribution in [1.82, 2.24) is 0 Å². The van der Waals surface area contributed by atoms with Gasteiger partial charge in [-0.2, -0.15) is 13.2 Å². The molecule has 1 aliphatic carbocycles. The van der Waals surface area contributed by atoms with Crippen molar-refractivity contribution in [2.75, 3.05) is 5.32 Å². The van der Waals surface area contributed by atoms with E-state index < -0.39 is 23.6 Å². The summed E-state index contributed by atoms with van der Waals surface area (Å²) < 4.78 is 56.3. The number of nitrogens with two attached hydrogens (primary N) is 1. The van der Waals surface area contributed by atoms with Crippen LogP contribution in [0.2, 0.25) is 0 Å². The minimum Gasteiger partial charge on any atom is -0.384 e.